The van der Waals surface area contributed by atoms with Crippen molar-refractivity contribution >= 4 is 0 Å². The summed E-state index contributed by atoms with van der Waals surface area (Å²) in [5.41, 5.74) is 3.09. The van der Waals surface area contributed by atoms with Crippen molar-refractivity contribution in [2.75, 3.05) is 6.54 Å². The van der Waals surface area contributed by atoms with E-state index >= 15 is 0 Å². The first-order chi connectivity index (χ1) is 8.83. The number of hydrogen-bond acceptors (Lipinski definition) is 1. The Morgan fingerprint density at radius 3 is 2.89 bits per heavy atom. The van der Waals surface area contributed by atoms with Crippen LogP contribution in [-0.2, 0) is 6.42 Å². The summed E-state index contributed by atoms with van der Waals surface area (Å²) >= 11 is 0. The minimum absolute atomic E-state index is 0.739. The highest BCUT2D eigenvalue weighted by atomic mass is 14.9. The van der Waals surface area contributed by atoms with Gasteiger partial charge in [0.1, 0.15) is 0 Å². The van der Waals surface area contributed by atoms with Crippen LogP contribution in [0, 0.1) is 0 Å². The summed E-state index contributed by atoms with van der Waals surface area (Å²) in [4.78, 5) is 0. The first-order valence-electron chi connectivity index (χ1n) is 7.65. The highest BCUT2D eigenvalue weighted by Gasteiger charge is 2.22. The molecular weight excluding hydrogens is 218 g/mol. The fourth-order valence-corrected chi connectivity index (χ4v) is 3.26. The van der Waals surface area contributed by atoms with Gasteiger partial charge >= 0.3 is 0 Å². The van der Waals surface area contributed by atoms with Gasteiger partial charge in [0, 0.05) is 6.04 Å². The third-order valence-electron chi connectivity index (χ3n) is 4.13. The first-order valence-corrected chi connectivity index (χ1v) is 7.65. The number of nitrogens with one attached hydrogen (secondary N) is 1. The summed E-state index contributed by atoms with van der Waals surface area (Å²) in [5.74, 6) is 0.777. The second-order valence-electron chi connectivity index (χ2n) is 5.61. The minimum Gasteiger partial charge on any atom is -0.314 e. The van der Waals surface area contributed by atoms with Crippen LogP contribution in [0.4, 0.5) is 0 Å². The van der Waals surface area contributed by atoms with Gasteiger partial charge in [-0.05, 0) is 49.3 Å². The molecule has 1 aromatic rings. The molecule has 18 heavy (non-hydrogen) atoms. The fraction of sp³-hybridized carbons (Fsp3) is 0.647. The van der Waals surface area contributed by atoms with Crippen LogP contribution >= 0.6 is 0 Å². The zero-order valence-corrected chi connectivity index (χ0v) is 11.9. The van der Waals surface area contributed by atoms with E-state index in [1.807, 2.05) is 0 Å². The average molecular weight is 245 g/mol. The molecule has 2 atom stereocenters. The maximum Gasteiger partial charge on any atom is 0.00727 e. The molecule has 1 aliphatic rings. The number of benzene rings is 1. The van der Waals surface area contributed by atoms with Crippen LogP contribution in [0.1, 0.15) is 63.0 Å². The summed E-state index contributed by atoms with van der Waals surface area (Å²) in [6.45, 7) is 5.58. The topological polar surface area (TPSA) is 12.0 Å². The van der Waals surface area contributed by atoms with Crippen LogP contribution in [0.25, 0.3) is 0 Å². The molecule has 2 unspecified atom stereocenters. The average Bonchev–Trinajstić information content (AvgIpc) is 2.40. The van der Waals surface area contributed by atoms with Gasteiger partial charge in [0.25, 0.3) is 0 Å². The van der Waals surface area contributed by atoms with Crippen LogP contribution in [0.5, 0.6) is 0 Å². The molecule has 0 aliphatic heterocycles. The van der Waals surface area contributed by atoms with Crippen LogP contribution in [0.3, 0.4) is 0 Å². The summed E-state index contributed by atoms with van der Waals surface area (Å²) in [7, 11) is 0. The molecule has 1 aliphatic carbocycles. The third-order valence-corrected chi connectivity index (χ3v) is 4.13. The minimum atomic E-state index is 0.739. The molecule has 0 aromatic heterocycles. The van der Waals surface area contributed by atoms with Gasteiger partial charge in [-0.25, -0.2) is 0 Å². The maximum absolute atomic E-state index is 3.62. The lowest BCUT2D eigenvalue weighted by Crippen LogP contribution is -2.33. The van der Waals surface area contributed by atoms with E-state index < -0.39 is 0 Å². The number of hydrogen-bond donors (Lipinski definition) is 1. The van der Waals surface area contributed by atoms with Gasteiger partial charge in [0.2, 0.25) is 0 Å². The Kier molecular flexibility index (Phi) is 5.25. The molecule has 1 heteroatoms. The van der Waals surface area contributed by atoms with Crippen LogP contribution in [-0.4, -0.2) is 12.6 Å². The van der Waals surface area contributed by atoms with Crippen molar-refractivity contribution in [1.82, 2.24) is 5.32 Å². The van der Waals surface area contributed by atoms with Crippen molar-refractivity contribution in [3.05, 3.63) is 35.4 Å². The standard InChI is InChI=1S/C17H27N/c1-3-7-14-8-5-9-15(12-14)16-10-6-11-17(13-16)18-4-2/h5,8-9,12,16-18H,3-4,6-7,10-11,13H2,1-2H3. The Bertz CT molecular complexity index is 356. The van der Waals surface area contributed by atoms with E-state index in [1.54, 1.807) is 5.56 Å². The SMILES string of the molecule is CCCc1cccc(C2CCCC(NCC)C2)c1. The van der Waals surface area contributed by atoms with Gasteiger partial charge in [-0.3, -0.25) is 0 Å². The normalized spacial score (nSPS) is 24.1. The Morgan fingerprint density at radius 1 is 1.22 bits per heavy atom. The van der Waals surface area contributed by atoms with E-state index in [0.29, 0.717) is 0 Å². The van der Waals surface area contributed by atoms with Crippen molar-refractivity contribution in [3.63, 3.8) is 0 Å². The molecule has 0 heterocycles. The fourth-order valence-electron chi connectivity index (χ4n) is 3.26. The Balaban J connectivity index is 2.03. The van der Waals surface area contributed by atoms with Crippen LogP contribution in [0.15, 0.2) is 24.3 Å². The van der Waals surface area contributed by atoms with Crippen molar-refractivity contribution in [2.24, 2.45) is 0 Å². The molecule has 0 amide bonds. The molecule has 0 spiro atoms. The van der Waals surface area contributed by atoms with E-state index in [2.05, 4.69) is 43.4 Å². The van der Waals surface area contributed by atoms with E-state index in [4.69, 9.17) is 0 Å². The molecule has 1 N–H and O–H groups in total. The van der Waals surface area contributed by atoms with Gasteiger partial charge < -0.3 is 5.32 Å². The van der Waals surface area contributed by atoms with Gasteiger partial charge in [0.05, 0.1) is 0 Å². The van der Waals surface area contributed by atoms with E-state index in [9.17, 15) is 0 Å². The van der Waals surface area contributed by atoms with Gasteiger partial charge in [0.15, 0.2) is 0 Å². The van der Waals surface area contributed by atoms with E-state index in [1.165, 1.54) is 44.1 Å². The van der Waals surface area contributed by atoms with Gasteiger partial charge in [-0.1, -0.05) is 51.0 Å². The molecule has 1 nitrogen and oxygen atoms in total. The second-order valence-corrected chi connectivity index (χ2v) is 5.61. The van der Waals surface area contributed by atoms with Gasteiger partial charge in [-0.15, -0.1) is 0 Å². The maximum atomic E-state index is 3.62. The summed E-state index contributed by atoms with van der Waals surface area (Å²) in [5, 5.41) is 3.62. The molecule has 1 saturated carbocycles. The predicted octanol–water partition coefficient (Wildman–Crippen LogP) is 4.27. The third kappa shape index (κ3) is 3.58. The highest BCUT2D eigenvalue weighted by molar-refractivity contribution is 5.27. The van der Waals surface area contributed by atoms with Crippen molar-refractivity contribution in [2.45, 2.75) is 64.3 Å². The predicted molar refractivity (Wildman–Crippen MR) is 79.1 cm³/mol. The lowest BCUT2D eigenvalue weighted by molar-refractivity contribution is 0.344. The lowest BCUT2D eigenvalue weighted by atomic mass is 9.81. The Labute approximate surface area is 112 Å². The lowest BCUT2D eigenvalue weighted by Gasteiger charge is -2.30. The molecule has 1 fully saturated rings. The Hall–Kier alpha value is -0.820. The summed E-state index contributed by atoms with van der Waals surface area (Å²) < 4.78 is 0. The molecular formula is C17H27N. The number of aryl methyl sites for hydroxylation is 1. The zero-order valence-electron chi connectivity index (χ0n) is 11.9. The van der Waals surface area contributed by atoms with Crippen molar-refractivity contribution in [1.29, 1.82) is 0 Å². The smallest absolute Gasteiger partial charge is 0.00727 e. The van der Waals surface area contributed by atoms with Crippen molar-refractivity contribution < 1.29 is 0 Å². The quantitative estimate of drug-likeness (QED) is 0.816. The van der Waals surface area contributed by atoms with Crippen LogP contribution in [0.2, 0.25) is 0 Å². The van der Waals surface area contributed by atoms with Gasteiger partial charge in [-0.2, -0.15) is 0 Å². The second kappa shape index (κ2) is 6.94. The molecule has 0 saturated heterocycles. The molecule has 100 valence electrons. The Morgan fingerprint density at radius 2 is 2.11 bits per heavy atom. The largest absolute Gasteiger partial charge is 0.314 e. The zero-order chi connectivity index (χ0) is 12.8. The molecule has 2 rings (SSSR count). The van der Waals surface area contributed by atoms with E-state index in [-0.39, 0.29) is 0 Å². The summed E-state index contributed by atoms with van der Waals surface area (Å²) in [6, 6.07) is 10.0. The number of rotatable bonds is 5. The van der Waals surface area contributed by atoms with Crippen molar-refractivity contribution in [3.8, 4) is 0 Å². The molecule has 0 radical (unpaired) electrons. The molecule has 1 aromatic carbocycles. The monoisotopic (exact) mass is 245 g/mol. The highest BCUT2D eigenvalue weighted by Crippen LogP contribution is 2.33. The van der Waals surface area contributed by atoms with E-state index in [0.717, 1.165) is 18.5 Å². The first kappa shape index (κ1) is 13.6. The molecule has 0 bridgehead atoms. The summed E-state index contributed by atoms with van der Waals surface area (Å²) in [6.07, 6.45) is 7.89. The van der Waals surface area contributed by atoms with Crippen LogP contribution < -0.4 is 5.32 Å².